The molecule has 1 amide bonds. The van der Waals surface area contributed by atoms with Crippen LogP contribution in [-0.4, -0.2) is 53.1 Å². The Morgan fingerprint density at radius 3 is 2.17 bits per heavy atom. The molecule has 23 heavy (non-hydrogen) atoms. The number of carbonyl (C=O) groups excluding carboxylic acids is 2. The van der Waals surface area contributed by atoms with Crippen LogP contribution < -0.4 is 0 Å². The van der Waals surface area contributed by atoms with Crippen molar-refractivity contribution in [3.63, 3.8) is 0 Å². The molecule has 0 saturated carbocycles. The fourth-order valence-corrected chi connectivity index (χ4v) is 2.38. The van der Waals surface area contributed by atoms with E-state index in [9.17, 15) is 23.5 Å². The molecule has 1 saturated heterocycles. The van der Waals surface area contributed by atoms with Crippen LogP contribution >= 0.6 is 0 Å². The quantitative estimate of drug-likeness (QED) is 0.618. The average molecular weight is 333 g/mol. The monoisotopic (exact) mass is 333 g/mol. The zero-order valence-electron chi connectivity index (χ0n) is 14.1. The zero-order valence-corrected chi connectivity index (χ0v) is 14.1. The number of hydrogen-bond acceptors (Lipinski definition) is 4. The van der Waals surface area contributed by atoms with Crippen LogP contribution in [0.5, 0.6) is 0 Å². The summed E-state index contributed by atoms with van der Waals surface area (Å²) in [6, 6.07) is 0. The van der Waals surface area contributed by atoms with E-state index in [1.807, 2.05) is 0 Å². The van der Waals surface area contributed by atoms with Crippen LogP contribution in [0.25, 0.3) is 0 Å². The molecule has 0 aliphatic carbocycles. The number of rotatable bonds is 5. The summed E-state index contributed by atoms with van der Waals surface area (Å²) in [5.74, 6) is -5.96. The number of amides is 1. The molecule has 0 radical (unpaired) electrons. The number of likely N-dealkylation sites (tertiary alicyclic amines) is 1. The van der Waals surface area contributed by atoms with Crippen molar-refractivity contribution in [2.75, 3.05) is 19.7 Å². The van der Waals surface area contributed by atoms with Gasteiger partial charge in [-0.1, -0.05) is 12.2 Å². The fraction of sp³-hybridized carbons (Fsp3) is 0.750. The van der Waals surface area contributed by atoms with Crippen molar-refractivity contribution in [1.82, 2.24) is 4.90 Å². The molecule has 0 aromatic rings. The molecule has 1 N–H and O–H groups in total. The minimum absolute atomic E-state index is 0.0545. The zero-order chi connectivity index (χ0) is 18.1. The van der Waals surface area contributed by atoms with E-state index in [1.165, 1.54) is 11.8 Å². The summed E-state index contributed by atoms with van der Waals surface area (Å²) < 4.78 is 32.6. The molecule has 0 unspecified atom stereocenters. The van der Waals surface area contributed by atoms with Crippen molar-refractivity contribution in [3.8, 4) is 0 Å². The number of piperidine rings is 1. The lowest BCUT2D eigenvalue weighted by Crippen LogP contribution is -2.60. The maximum atomic E-state index is 14.1. The second-order valence-electron chi connectivity index (χ2n) is 6.52. The lowest BCUT2D eigenvalue weighted by molar-refractivity contribution is -0.223. The number of hydrogen-bond donors (Lipinski definition) is 1. The van der Waals surface area contributed by atoms with Crippen molar-refractivity contribution in [3.05, 3.63) is 12.2 Å². The summed E-state index contributed by atoms with van der Waals surface area (Å²) in [4.78, 5) is 25.3. The molecule has 1 aliphatic heterocycles. The van der Waals surface area contributed by atoms with E-state index in [0.29, 0.717) is 5.57 Å². The predicted molar refractivity (Wildman–Crippen MR) is 80.9 cm³/mol. The number of ether oxygens (including phenoxy) is 1. The third-order valence-corrected chi connectivity index (χ3v) is 4.60. The van der Waals surface area contributed by atoms with Crippen LogP contribution in [0.15, 0.2) is 12.2 Å². The molecular weight excluding hydrogens is 308 g/mol. The summed E-state index contributed by atoms with van der Waals surface area (Å²) in [5, 5.41) is 10.2. The summed E-state index contributed by atoms with van der Waals surface area (Å²) in [5.41, 5.74) is -2.64. The topological polar surface area (TPSA) is 66.8 Å². The van der Waals surface area contributed by atoms with Gasteiger partial charge in [0.15, 0.2) is 0 Å². The number of aliphatic hydroxyl groups is 1. The van der Waals surface area contributed by atoms with Crippen LogP contribution in [0.4, 0.5) is 8.78 Å². The second kappa shape index (κ2) is 6.55. The van der Waals surface area contributed by atoms with Gasteiger partial charge in [0, 0.05) is 25.9 Å². The third kappa shape index (κ3) is 3.54. The van der Waals surface area contributed by atoms with Crippen LogP contribution in [0.3, 0.4) is 0 Å². The highest BCUT2D eigenvalue weighted by Crippen LogP contribution is 2.39. The highest BCUT2D eigenvalue weighted by molar-refractivity contribution is 5.85. The molecule has 1 aliphatic rings. The van der Waals surface area contributed by atoms with Gasteiger partial charge in [0.05, 0.1) is 12.0 Å². The van der Waals surface area contributed by atoms with Gasteiger partial charge in [-0.2, -0.15) is 8.78 Å². The Hall–Kier alpha value is -1.50. The predicted octanol–water partition coefficient (Wildman–Crippen LogP) is 2.14. The molecular formula is C16H25F2NO4. The highest BCUT2D eigenvalue weighted by atomic mass is 19.3. The van der Waals surface area contributed by atoms with E-state index in [0.717, 1.165) is 0 Å². The van der Waals surface area contributed by atoms with Crippen LogP contribution in [0.2, 0.25) is 0 Å². The highest BCUT2D eigenvalue weighted by Gasteiger charge is 2.60. The lowest BCUT2D eigenvalue weighted by Gasteiger charge is -2.43. The van der Waals surface area contributed by atoms with E-state index >= 15 is 0 Å². The van der Waals surface area contributed by atoms with E-state index in [2.05, 4.69) is 11.3 Å². The van der Waals surface area contributed by atoms with Crippen LogP contribution in [0.1, 0.15) is 40.5 Å². The Morgan fingerprint density at radius 1 is 1.30 bits per heavy atom. The van der Waals surface area contributed by atoms with Crippen molar-refractivity contribution in [2.24, 2.45) is 5.41 Å². The van der Waals surface area contributed by atoms with E-state index in [1.54, 1.807) is 20.8 Å². The standard InChI is InChI=1S/C16H25F2NO4/c1-6-23-13(21)16(17,18)15(22)7-9-19(10-8-15)12(20)14(4,5)11(2)3/h22H,2,6-10H2,1,3-5H3. The first-order valence-corrected chi connectivity index (χ1v) is 7.63. The molecule has 0 bridgehead atoms. The molecule has 7 heteroatoms. The third-order valence-electron chi connectivity index (χ3n) is 4.60. The Bertz CT molecular complexity index is 494. The number of alkyl halides is 2. The van der Waals surface area contributed by atoms with Crippen molar-refractivity contribution < 1.29 is 28.2 Å². The van der Waals surface area contributed by atoms with E-state index < -0.39 is 35.7 Å². The van der Waals surface area contributed by atoms with Gasteiger partial charge in [-0.05, 0) is 27.7 Å². The first-order valence-electron chi connectivity index (χ1n) is 7.63. The number of carbonyl (C=O) groups is 2. The smallest absolute Gasteiger partial charge is 0.380 e. The Morgan fingerprint density at radius 2 is 1.78 bits per heavy atom. The van der Waals surface area contributed by atoms with Crippen molar-refractivity contribution in [2.45, 2.75) is 52.1 Å². The lowest BCUT2D eigenvalue weighted by atomic mass is 9.81. The van der Waals surface area contributed by atoms with Crippen molar-refractivity contribution in [1.29, 1.82) is 0 Å². The fourth-order valence-electron chi connectivity index (χ4n) is 2.38. The minimum atomic E-state index is -4.00. The molecule has 0 atom stereocenters. The molecule has 0 aromatic heterocycles. The molecule has 1 heterocycles. The number of halogens is 2. The maximum Gasteiger partial charge on any atom is 0.380 e. The van der Waals surface area contributed by atoms with Crippen molar-refractivity contribution >= 4 is 11.9 Å². The summed E-state index contributed by atoms with van der Waals surface area (Å²) in [6.45, 7) is 10.0. The maximum absolute atomic E-state index is 14.1. The SMILES string of the molecule is C=C(C)C(C)(C)C(=O)N1CCC(O)(C(F)(F)C(=O)OCC)CC1. The van der Waals surface area contributed by atoms with Gasteiger partial charge < -0.3 is 14.7 Å². The van der Waals surface area contributed by atoms with Crippen LogP contribution in [0, 0.1) is 5.41 Å². The van der Waals surface area contributed by atoms with Gasteiger partial charge in [0.25, 0.3) is 0 Å². The second-order valence-corrected chi connectivity index (χ2v) is 6.52. The molecule has 1 rings (SSSR count). The Balaban J connectivity index is 2.83. The number of nitrogens with zero attached hydrogens (tertiary/aromatic N) is 1. The van der Waals surface area contributed by atoms with Gasteiger partial charge in [-0.25, -0.2) is 4.79 Å². The molecule has 132 valence electrons. The minimum Gasteiger partial charge on any atom is -0.461 e. The van der Waals surface area contributed by atoms with Gasteiger partial charge in [-0.3, -0.25) is 4.79 Å². The van der Waals surface area contributed by atoms with Gasteiger partial charge in [0.1, 0.15) is 5.60 Å². The Kier molecular flexibility index (Phi) is 5.57. The summed E-state index contributed by atoms with van der Waals surface area (Å²) >= 11 is 0. The molecule has 0 aromatic carbocycles. The molecule has 5 nitrogen and oxygen atoms in total. The first-order chi connectivity index (χ1) is 10.4. The Labute approximate surface area is 135 Å². The summed E-state index contributed by atoms with van der Waals surface area (Å²) in [7, 11) is 0. The largest absolute Gasteiger partial charge is 0.461 e. The average Bonchev–Trinajstić information content (AvgIpc) is 2.47. The van der Waals surface area contributed by atoms with Crippen LogP contribution in [-0.2, 0) is 14.3 Å². The summed E-state index contributed by atoms with van der Waals surface area (Å²) in [6.07, 6.45) is -0.784. The molecule has 1 fully saturated rings. The molecule has 0 spiro atoms. The van der Waals surface area contributed by atoms with Gasteiger partial charge in [-0.15, -0.1) is 0 Å². The first kappa shape index (κ1) is 19.5. The van der Waals surface area contributed by atoms with E-state index in [-0.39, 0.29) is 25.6 Å². The normalized spacial score (nSPS) is 18.5. The van der Waals surface area contributed by atoms with Gasteiger partial charge in [0.2, 0.25) is 5.91 Å². The van der Waals surface area contributed by atoms with E-state index in [4.69, 9.17) is 0 Å². The van der Waals surface area contributed by atoms with Gasteiger partial charge >= 0.3 is 11.9 Å². The number of esters is 1.